The highest BCUT2D eigenvalue weighted by Gasteiger charge is 2.33. The molecule has 0 aliphatic carbocycles. The molecule has 1 aliphatic rings. The normalized spacial score (nSPS) is 21.9. The predicted molar refractivity (Wildman–Crippen MR) is 87.2 cm³/mol. The fourth-order valence-electron chi connectivity index (χ4n) is 2.60. The number of aromatic nitrogens is 2. The first-order valence-corrected chi connectivity index (χ1v) is 7.93. The van der Waals surface area contributed by atoms with E-state index in [1.54, 1.807) is 17.2 Å². The molecule has 0 spiro atoms. The fourth-order valence-corrected chi connectivity index (χ4v) is 2.60. The second-order valence-corrected chi connectivity index (χ2v) is 6.90. The average Bonchev–Trinajstić information content (AvgIpc) is 2.45. The Hall–Kier alpha value is -1.89. The highest BCUT2D eigenvalue weighted by Crippen LogP contribution is 2.22. The van der Waals surface area contributed by atoms with Gasteiger partial charge in [-0.05, 0) is 40.2 Å². The number of aryl methyl sites for hydroxylation is 1. The van der Waals surface area contributed by atoms with Crippen molar-refractivity contribution in [3.05, 3.63) is 18.1 Å². The van der Waals surface area contributed by atoms with E-state index in [0.29, 0.717) is 24.7 Å². The molecule has 1 aromatic heterocycles. The number of aliphatic hydroxyl groups is 1. The van der Waals surface area contributed by atoms with E-state index in [2.05, 4.69) is 15.3 Å². The van der Waals surface area contributed by atoms with Gasteiger partial charge in [-0.3, -0.25) is 0 Å². The van der Waals surface area contributed by atoms with Gasteiger partial charge < -0.3 is 20.1 Å². The standard InChI is InChI=1S/C16H26N4O3/c1-11-17-7-5-14(18-11)19-13-9-20(8-6-12(13)10-21)15(22)23-16(2,3)4/h5,7,12-13,21H,6,8-10H2,1-4H3,(H,17,18,19). The molecule has 7 nitrogen and oxygen atoms in total. The number of anilines is 1. The van der Waals surface area contributed by atoms with Crippen molar-refractivity contribution < 1.29 is 14.6 Å². The summed E-state index contributed by atoms with van der Waals surface area (Å²) in [5.41, 5.74) is -0.516. The van der Waals surface area contributed by atoms with Crippen LogP contribution in [0.4, 0.5) is 10.6 Å². The highest BCUT2D eigenvalue weighted by atomic mass is 16.6. The molecule has 0 saturated carbocycles. The Kier molecular flexibility index (Phi) is 5.41. The molecule has 1 aliphatic heterocycles. The van der Waals surface area contributed by atoms with E-state index in [4.69, 9.17) is 4.74 Å². The lowest BCUT2D eigenvalue weighted by molar-refractivity contribution is 0.0139. The molecule has 2 rings (SSSR count). The summed E-state index contributed by atoms with van der Waals surface area (Å²) in [5, 5.41) is 12.9. The molecule has 2 unspecified atom stereocenters. The zero-order valence-corrected chi connectivity index (χ0v) is 14.2. The Morgan fingerprint density at radius 3 is 2.87 bits per heavy atom. The van der Waals surface area contributed by atoms with Crippen molar-refractivity contribution in [2.45, 2.75) is 45.8 Å². The van der Waals surface area contributed by atoms with Crippen LogP contribution < -0.4 is 5.32 Å². The lowest BCUT2D eigenvalue weighted by atomic mass is 9.92. The molecule has 1 amide bonds. The average molecular weight is 322 g/mol. The molecule has 1 aromatic rings. The molecular formula is C16H26N4O3. The zero-order valence-electron chi connectivity index (χ0n) is 14.2. The number of rotatable bonds is 3. The van der Waals surface area contributed by atoms with E-state index >= 15 is 0 Å². The zero-order chi connectivity index (χ0) is 17.0. The Morgan fingerprint density at radius 2 is 2.26 bits per heavy atom. The van der Waals surface area contributed by atoms with Gasteiger partial charge in [0.25, 0.3) is 0 Å². The van der Waals surface area contributed by atoms with Crippen molar-refractivity contribution in [2.75, 3.05) is 25.0 Å². The van der Waals surface area contributed by atoms with Crippen LogP contribution in [0, 0.1) is 12.8 Å². The summed E-state index contributed by atoms with van der Waals surface area (Å²) in [6.07, 6.45) is 2.09. The number of amides is 1. The molecule has 0 bridgehead atoms. The molecule has 0 radical (unpaired) electrons. The van der Waals surface area contributed by atoms with Gasteiger partial charge in [-0.15, -0.1) is 0 Å². The van der Waals surface area contributed by atoms with E-state index in [9.17, 15) is 9.90 Å². The van der Waals surface area contributed by atoms with Crippen molar-refractivity contribution in [2.24, 2.45) is 5.92 Å². The maximum atomic E-state index is 12.2. The Bertz CT molecular complexity index is 544. The molecule has 2 atom stereocenters. The molecule has 7 heteroatoms. The highest BCUT2D eigenvalue weighted by molar-refractivity contribution is 5.68. The van der Waals surface area contributed by atoms with Gasteiger partial charge in [0.2, 0.25) is 0 Å². The number of likely N-dealkylation sites (tertiary alicyclic amines) is 1. The minimum atomic E-state index is -0.516. The summed E-state index contributed by atoms with van der Waals surface area (Å²) in [6.45, 7) is 8.51. The van der Waals surface area contributed by atoms with Crippen molar-refractivity contribution in [3.63, 3.8) is 0 Å². The Morgan fingerprint density at radius 1 is 1.52 bits per heavy atom. The smallest absolute Gasteiger partial charge is 0.410 e. The number of ether oxygens (including phenoxy) is 1. The van der Waals surface area contributed by atoms with Crippen molar-refractivity contribution >= 4 is 11.9 Å². The maximum Gasteiger partial charge on any atom is 0.410 e. The third kappa shape index (κ3) is 5.06. The lowest BCUT2D eigenvalue weighted by Gasteiger charge is -2.38. The summed E-state index contributed by atoms with van der Waals surface area (Å²) >= 11 is 0. The minimum absolute atomic E-state index is 0.0731. The topological polar surface area (TPSA) is 87.6 Å². The lowest BCUT2D eigenvalue weighted by Crippen LogP contribution is -2.51. The van der Waals surface area contributed by atoms with Gasteiger partial charge >= 0.3 is 6.09 Å². The molecule has 23 heavy (non-hydrogen) atoms. The first kappa shape index (κ1) is 17.5. The number of aliphatic hydroxyl groups excluding tert-OH is 1. The van der Waals surface area contributed by atoms with E-state index in [0.717, 1.165) is 6.42 Å². The Balaban J connectivity index is 2.05. The fraction of sp³-hybridized carbons (Fsp3) is 0.688. The van der Waals surface area contributed by atoms with Crippen molar-refractivity contribution in [3.8, 4) is 0 Å². The third-order valence-corrected chi connectivity index (χ3v) is 3.75. The van der Waals surface area contributed by atoms with E-state index in [1.807, 2.05) is 27.7 Å². The van der Waals surface area contributed by atoms with Crippen molar-refractivity contribution in [1.82, 2.24) is 14.9 Å². The summed E-state index contributed by atoms with van der Waals surface area (Å²) in [7, 11) is 0. The first-order valence-electron chi connectivity index (χ1n) is 7.93. The van der Waals surface area contributed by atoms with Crippen LogP contribution in [0.2, 0.25) is 0 Å². The van der Waals surface area contributed by atoms with E-state index in [-0.39, 0.29) is 24.7 Å². The quantitative estimate of drug-likeness (QED) is 0.882. The van der Waals surface area contributed by atoms with Gasteiger partial charge in [-0.2, -0.15) is 0 Å². The number of hydrogen-bond donors (Lipinski definition) is 2. The predicted octanol–water partition coefficient (Wildman–Crippen LogP) is 1.81. The number of piperidine rings is 1. The van der Waals surface area contributed by atoms with Gasteiger partial charge in [0.05, 0.1) is 6.04 Å². The van der Waals surface area contributed by atoms with Gasteiger partial charge in [-0.1, -0.05) is 0 Å². The van der Waals surface area contributed by atoms with Crippen molar-refractivity contribution in [1.29, 1.82) is 0 Å². The number of carbonyl (C=O) groups is 1. The largest absolute Gasteiger partial charge is 0.444 e. The van der Waals surface area contributed by atoms with Crippen LogP contribution in [0.15, 0.2) is 12.3 Å². The third-order valence-electron chi connectivity index (χ3n) is 3.75. The molecular weight excluding hydrogens is 296 g/mol. The second-order valence-electron chi connectivity index (χ2n) is 6.90. The van der Waals surface area contributed by atoms with Crippen LogP contribution in [-0.2, 0) is 4.74 Å². The first-order chi connectivity index (χ1) is 10.8. The van der Waals surface area contributed by atoms with Crippen LogP contribution in [0.5, 0.6) is 0 Å². The number of carbonyl (C=O) groups excluding carboxylic acids is 1. The van der Waals surface area contributed by atoms with Crippen LogP contribution in [0.1, 0.15) is 33.0 Å². The van der Waals surface area contributed by atoms with Gasteiger partial charge in [-0.25, -0.2) is 14.8 Å². The summed E-state index contributed by atoms with van der Waals surface area (Å²) in [5.74, 6) is 1.45. The maximum absolute atomic E-state index is 12.2. The molecule has 0 aromatic carbocycles. The second kappa shape index (κ2) is 7.12. The Labute approximate surface area is 137 Å². The van der Waals surface area contributed by atoms with Gasteiger partial charge in [0.15, 0.2) is 0 Å². The van der Waals surface area contributed by atoms with E-state index < -0.39 is 5.60 Å². The van der Waals surface area contributed by atoms with Crippen LogP contribution in [0.3, 0.4) is 0 Å². The van der Waals surface area contributed by atoms with Crippen LogP contribution in [-0.4, -0.2) is 57.4 Å². The van der Waals surface area contributed by atoms with E-state index in [1.165, 1.54) is 0 Å². The summed E-state index contributed by atoms with van der Waals surface area (Å²) in [6, 6.07) is 1.71. The van der Waals surface area contributed by atoms with Gasteiger partial charge in [0.1, 0.15) is 17.2 Å². The molecule has 1 fully saturated rings. The van der Waals surface area contributed by atoms with Crippen LogP contribution >= 0.6 is 0 Å². The number of nitrogens with zero attached hydrogens (tertiary/aromatic N) is 3. The molecule has 2 N–H and O–H groups in total. The SMILES string of the molecule is Cc1nccc(NC2CN(C(=O)OC(C)(C)C)CCC2CO)n1. The number of hydrogen-bond acceptors (Lipinski definition) is 6. The molecule has 1 saturated heterocycles. The molecule has 2 heterocycles. The monoisotopic (exact) mass is 322 g/mol. The summed E-state index contributed by atoms with van der Waals surface area (Å²) < 4.78 is 5.43. The minimum Gasteiger partial charge on any atom is -0.444 e. The summed E-state index contributed by atoms with van der Waals surface area (Å²) in [4.78, 5) is 22.3. The number of nitrogens with one attached hydrogen (secondary N) is 1. The van der Waals surface area contributed by atoms with Crippen LogP contribution in [0.25, 0.3) is 0 Å². The molecule has 128 valence electrons. The van der Waals surface area contributed by atoms with Gasteiger partial charge in [0, 0.05) is 31.8 Å².